The van der Waals surface area contributed by atoms with Crippen molar-refractivity contribution in [3.8, 4) is 11.3 Å². The summed E-state index contributed by atoms with van der Waals surface area (Å²) in [7, 11) is 2.13. The minimum atomic E-state index is 0.0126. The number of furan rings is 1. The third kappa shape index (κ3) is 4.55. The van der Waals surface area contributed by atoms with Crippen molar-refractivity contribution in [3.63, 3.8) is 0 Å². The highest BCUT2D eigenvalue weighted by Gasteiger charge is 2.19. The van der Waals surface area contributed by atoms with Crippen LogP contribution < -0.4 is 0 Å². The average Bonchev–Trinajstić information content (AvgIpc) is 3.19. The highest BCUT2D eigenvalue weighted by molar-refractivity contribution is 5.94. The maximum absolute atomic E-state index is 12.6. The second-order valence-electron chi connectivity index (χ2n) is 8.13. The smallest absolute Gasteiger partial charge is 0.255 e. The van der Waals surface area contributed by atoms with Crippen molar-refractivity contribution in [1.29, 1.82) is 0 Å². The van der Waals surface area contributed by atoms with E-state index in [0.717, 1.165) is 41.0 Å². The number of ether oxygens (including phenoxy) is 1. The summed E-state index contributed by atoms with van der Waals surface area (Å²) in [6, 6.07) is 12.5. The van der Waals surface area contributed by atoms with Crippen LogP contribution in [0.5, 0.6) is 0 Å². The molecule has 4 rings (SSSR count). The van der Waals surface area contributed by atoms with Gasteiger partial charge in [0.05, 0.1) is 24.5 Å². The topological polar surface area (TPSA) is 58.8 Å². The largest absolute Gasteiger partial charge is 0.461 e. The van der Waals surface area contributed by atoms with Crippen LogP contribution in [0.4, 0.5) is 0 Å². The van der Waals surface area contributed by atoms with E-state index in [0.29, 0.717) is 37.9 Å². The first kappa shape index (κ1) is 20.6. The number of carbonyl (C=O) groups is 1. The molecule has 0 N–H and O–H groups in total. The van der Waals surface area contributed by atoms with Crippen LogP contribution in [0.3, 0.4) is 0 Å². The molecule has 3 heterocycles. The summed E-state index contributed by atoms with van der Waals surface area (Å²) >= 11 is 0. The molecule has 0 saturated carbocycles. The van der Waals surface area contributed by atoms with Crippen molar-refractivity contribution in [1.82, 2.24) is 14.8 Å². The van der Waals surface area contributed by atoms with E-state index in [4.69, 9.17) is 9.15 Å². The second-order valence-corrected chi connectivity index (χ2v) is 8.13. The van der Waals surface area contributed by atoms with Crippen molar-refractivity contribution in [3.05, 3.63) is 53.9 Å². The van der Waals surface area contributed by atoms with Crippen LogP contribution in [0.25, 0.3) is 22.2 Å². The Balaban J connectivity index is 1.48. The molecule has 0 atom stereocenters. The Labute approximate surface area is 177 Å². The van der Waals surface area contributed by atoms with Gasteiger partial charge >= 0.3 is 0 Å². The van der Waals surface area contributed by atoms with Crippen LogP contribution >= 0.6 is 0 Å². The lowest BCUT2D eigenvalue weighted by atomic mass is 10.1. The van der Waals surface area contributed by atoms with Gasteiger partial charge < -0.3 is 19.0 Å². The minimum Gasteiger partial charge on any atom is -0.461 e. The predicted molar refractivity (Wildman–Crippen MR) is 118 cm³/mol. The molecular formula is C24H29N3O3. The monoisotopic (exact) mass is 407 g/mol. The fourth-order valence-corrected chi connectivity index (χ4v) is 3.57. The van der Waals surface area contributed by atoms with Crippen LogP contribution in [-0.4, -0.2) is 66.6 Å². The number of likely N-dealkylation sites (N-methyl/N-ethyl adjacent to an activating group) is 1. The lowest BCUT2D eigenvalue weighted by Crippen LogP contribution is -2.40. The second kappa shape index (κ2) is 8.98. The number of rotatable bonds is 6. The van der Waals surface area contributed by atoms with Gasteiger partial charge in [-0.15, -0.1) is 0 Å². The molecule has 1 amide bonds. The number of benzene rings is 1. The van der Waals surface area contributed by atoms with E-state index in [1.54, 1.807) is 6.20 Å². The first-order valence-corrected chi connectivity index (χ1v) is 10.6. The summed E-state index contributed by atoms with van der Waals surface area (Å²) in [6.07, 6.45) is 2.55. The van der Waals surface area contributed by atoms with Gasteiger partial charge in [-0.05, 0) is 57.3 Å². The Kier molecular flexibility index (Phi) is 6.16. The minimum absolute atomic E-state index is 0.0126. The van der Waals surface area contributed by atoms with Crippen molar-refractivity contribution in [2.45, 2.75) is 26.3 Å². The summed E-state index contributed by atoms with van der Waals surface area (Å²) in [4.78, 5) is 21.3. The van der Waals surface area contributed by atoms with Crippen molar-refractivity contribution >= 4 is 16.9 Å². The lowest BCUT2D eigenvalue weighted by Gasteiger charge is -2.26. The number of nitrogens with zero attached hydrogens (tertiary/aromatic N) is 3. The van der Waals surface area contributed by atoms with E-state index in [-0.39, 0.29) is 5.91 Å². The van der Waals surface area contributed by atoms with E-state index in [1.165, 1.54) is 0 Å². The van der Waals surface area contributed by atoms with Gasteiger partial charge in [0.25, 0.3) is 5.91 Å². The average molecular weight is 408 g/mol. The predicted octanol–water partition coefficient (Wildman–Crippen LogP) is 3.85. The fourth-order valence-electron chi connectivity index (χ4n) is 3.57. The van der Waals surface area contributed by atoms with Crippen molar-refractivity contribution < 1.29 is 13.9 Å². The van der Waals surface area contributed by atoms with Gasteiger partial charge in [0.2, 0.25) is 0 Å². The summed E-state index contributed by atoms with van der Waals surface area (Å²) < 4.78 is 11.3. The molecule has 3 aromatic rings. The highest BCUT2D eigenvalue weighted by atomic mass is 16.5. The molecule has 158 valence electrons. The van der Waals surface area contributed by atoms with Gasteiger partial charge in [-0.25, -0.2) is 0 Å². The third-order valence-corrected chi connectivity index (χ3v) is 5.76. The lowest BCUT2D eigenvalue weighted by molar-refractivity contribution is 0.0302. The normalized spacial score (nSPS) is 14.8. The molecule has 1 aliphatic rings. The fraction of sp³-hybridized carbons (Fsp3) is 0.417. The van der Waals surface area contributed by atoms with E-state index < -0.39 is 0 Å². The maximum Gasteiger partial charge on any atom is 0.255 e. The molecule has 1 fully saturated rings. The number of hydrogen-bond donors (Lipinski definition) is 0. The summed E-state index contributed by atoms with van der Waals surface area (Å²) in [5.41, 5.74) is 3.36. The molecular weight excluding hydrogens is 378 g/mol. The number of amides is 1. The summed E-state index contributed by atoms with van der Waals surface area (Å²) in [5, 5.41) is 1.07. The third-order valence-electron chi connectivity index (χ3n) is 5.76. The molecule has 2 aromatic heterocycles. The number of carbonyl (C=O) groups excluding carboxylic acids is 1. The molecule has 1 aliphatic heterocycles. The molecule has 1 aromatic carbocycles. The number of fused-ring (bicyclic) bond motifs is 1. The number of morpholine rings is 1. The highest BCUT2D eigenvalue weighted by Crippen LogP contribution is 2.26. The molecule has 0 aliphatic carbocycles. The molecule has 0 bridgehead atoms. The Morgan fingerprint density at radius 1 is 1.17 bits per heavy atom. The van der Waals surface area contributed by atoms with Gasteiger partial charge in [-0.3, -0.25) is 9.78 Å². The molecule has 0 unspecified atom stereocenters. The van der Waals surface area contributed by atoms with Crippen molar-refractivity contribution in [2.75, 3.05) is 39.9 Å². The van der Waals surface area contributed by atoms with Gasteiger partial charge in [0, 0.05) is 49.2 Å². The zero-order valence-corrected chi connectivity index (χ0v) is 17.9. The van der Waals surface area contributed by atoms with Gasteiger partial charge in [-0.1, -0.05) is 0 Å². The summed E-state index contributed by atoms with van der Waals surface area (Å²) in [6.45, 7) is 7.80. The summed E-state index contributed by atoms with van der Waals surface area (Å²) in [5.74, 6) is 1.01. The molecule has 6 nitrogen and oxygen atoms in total. The van der Waals surface area contributed by atoms with Crippen LogP contribution in [0.15, 0.2) is 47.0 Å². The van der Waals surface area contributed by atoms with Crippen molar-refractivity contribution in [2.24, 2.45) is 0 Å². The van der Waals surface area contributed by atoms with E-state index in [2.05, 4.69) is 42.9 Å². The van der Waals surface area contributed by atoms with Crippen LogP contribution in [0, 0.1) is 0 Å². The van der Waals surface area contributed by atoms with E-state index in [9.17, 15) is 4.79 Å². The maximum atomic E-state index is 12.6. The molecule has 0 spiro atoms. The molecule has 30 heavy (non-hydrogen) atoms. The quantitative estimate of drug-likeness (QED) is 0.621. The van der Waals surface area contributed by atoms with Gasteiger partial charge in [-0.2, -0.15) is 0 Å². The standard InChI is InChI=1S/C24H29N3O3/c1-17(2)26(3)9-8-21-15-20-14-18(5-7-23(20)30-21)22-6-4-19(16-25-22)24(28)27-10-12-29-13-11-27/h4-7,14-17H,8-13H2,1-3H3. The van der Waals surface area contributed by atoms with E-state index >= 15 is 0 Å². The van der Waals surface area contributed by atoms with Crippen LogP contribution in [-0.2, 0) is 11.2 Å². The number of aromatic nitrogens is 1. The Morgan fingerprint density at radius 3 is 2.67 bits per heavy atom. The number of pyridine rings is 1. The van der Waals surface area contributed by atoms with Crippen LogP contribution in [0.1, 0.15) is 30.0 Å². The number of hydrogen-bond acceptors (Lipinski definition) is 5. The van der Waals surface area contributed by atoms with E-state index in [1.807, 2.05) is 29.2 Å². The molecule has 1 saturated heterocycles. The van der Waals surface area contributed by atoms with Gasteiger partial charge in [0.1, 0.15) is 11.3 Å². The molecule has 0 radical (unpaired) electrons. The Morgan fingerprint density at radius 2 is 1.97 bits per heavy atom. The van der Waals surface area contributed by atoms with Gasteiger partial charge in [0.15, 0.2) is 0 Å². The first-order chi connectivity index (χ1) is 14.5. The zero-order valence-electron chi connectivity index (χ0n) is 17.9. The van der Waals surface area contributed by atoms with Crippen LogP contribution in [0.2, 0.25) is 0 Å². The Bertz CT molecular complexity index is 1000. The zero-order chi connectivity index (χ0) is 21.1. The Hall–Kier alpha value is -2.70. The first-order valence-electron chi connectivity index (χ1n) is 10.6. The SMILES string of the molecule is CC(C)N(C)CCc1cc2cc(-c3ccc(C(=O)N4CCOCC4)cn3)ccc2o1. The molecule has 6 heteroatoms.